The summed E-state index contributed by atoms with van der Waals surface area (Å²) in [5, 5.41) is 3.34. The summed E-state index contributed by atoms with van der Waals surface area (Å²) in [6.07, 6.45) is 3.30. The molecule has 0 amide bonds. The molecule has 0 radical (unpaired) electrons. The molecule has 1 nitrogen and oxygen atoms in total. The first kappa shape index (κ1) is 14.8. The molecule has 0 unspecified atom stereocenters. The fourth-order valence-corrected chi connectivity index (χ4v) is 3.94. The molecule has 0 aromatic heterocycles. The predicted octanol–water partition coefficient (Wildman–Crippen LogP) is 5.12. The number of rotatable bonds is 3. The molecule has 0 aliphatic carbocycles. The Morgan fingerprint density at radius 3 is 2.71 bits per heavy atom. The Balaban J connectivity index is 1.93. The molecule has 0 saturated carbocycles. The fourth-order valence-electron chi connectivity index (χ4n) is 2.36. The van der Waals surface area contributed by atoms with Crippen LogP contribution in [-0.4, -0.2) is 13.1 Å². The maximum Gasteiger partial charge on any atom is 0.124 e. The molecule has 0 bridgehead atoms. The van der Waals surface area contributed by atoms with Crippen molar-refractivity contribution in [3.05, 3.63) is 64.4 Å². The van der Waals surface area contributed by atoms with Gasteiger partial charge in [0.15, 0.2) is 0 Å². The summed E-state index contributed by atoms with van der Waals surface area (Å²) >= 11 is 5.11. The van der Waals surface area contributed by atoms with Crippen molar-refractivity contribution in [1.29, 1.82) is 0 Å². The first-order chi connectivity index (χ1) is 10.2. The Bertz CT molecular complexity index is 684. The van der Waals surface area contributed by atoms with E-state index >= 15 is 0 Å². The molecule has 2 aromatic carbocycles. The van der Waals surface area contributed by atoms with Crippen LogP contribution in [0, 0.1) is 5.82 Å². The summed E-state index contributed by atoms with van der Waals surface area (Å²) in [4.78, 5) is 2.23. The molecule has 21 heavy (non-hydrogen) atoms. The van der Waals surface area contributed by atoms with Crippen molar-refractivity contribution in [2.75, 3.05) is 13.1 Å². The van der Waals surface area contributed by atoms with Gasteiger partial charge < -0.3 is 5.32 Å². The van der Waals surface area contributed by atoms with Gasteiger partial charge in [-0.3, -0.25) is 0 Å². The van der Waals surface area contributed by atoms with Crippen LogP contribution in [0.25, 0.3) is 5.57 Å². The molecular weight excluding hydrogens is 349 g/mol. The molecule has 1 N–H and O–H groups in total. The van der Waals surface area contributed by atoms with Gasteiger partial charge in [0.1, 0.15) is 5.82 Å². The molecule has 1 aliphatic heterocycles. The Morgan fingerprint density at radius 1 is 1.10 bits per heavy atom. The van der Waals surface area contributed by atoms with Crippen LogP contribution in [0.15, 0.2) is 62.8 Å². The van der Waals surface area contributed by atoms with Crippen molar-refractivity contribution in [2.24, 2.45) is 0 Å². The lowest BCUT2D eigenvalue weighted by atomic mass is 10.0. The highest BCUT2D eigenvalue weighted by Crippen LogP contribution is 2.38. The predicted molar refractivity (Wildman–Crippen MR) is 90.1 cm³/mol. The second kappa shape index (κ2) is 6.77. The number of benzene rings is 2. The smallest absolute Gasteiger partial charge is 0.124 e. The molecule has 0 fully saturated rings. The van der Waals surface area contributed by atoms with E-state index in [9.17, 15) is 4.39 Å². The van der Waals surface area contributed by atoms with Crippen LogP contribution >= 0.6 is 27.7 Å². The van der Waals surface area contributed by atoms with Crippen molar-refractivity contribution < 1.29 is 4.39 Å². The van der Waals surface area contributed by atoms with E-state index in [0.29, 0.717) is 0 Å². The molecule has 3 rings (SSSR count). The molecule has 0 atom stereocenters. The van der Waals surface area contributed by atoms with Crippen molar-refractivity contribution in [3.8, 4) is 0 Å². The average molecular weight is 364 g/mol. The van der Waals surface area contributed by atoms with Gasteiger partial charge in [-0.15, -0.1) is 0 Å². The third-order valence-corrected chi connectivity index (χ3v) is 5.48. The van der Waals surface area contributed by atoms with E-state index in [0.717, 1.165) is 28.9 Å². The van der Waals surface area contributed by atoms with E-state index < -0.39 is 0 Å². The Kier molecular flexibility index (Phi) is 4.78. The highest BCUT2D eigenvalue weighted by atomic mass is 79.9. The summed E-state index contributed by atoms with van der Waals surface area (Å²) in [6, 6.07) is 13.2. The van der Waals surface area contributed by atoms with Crippen LogP contribution in [0.3, 0.4) is 0 Å². The molecule has 0 saturated heterocycles. The second-order valence-electron chi connectivity index (χ2n) is 4.86. The average Bonchev–Trinajstić information content (AvgIpc) is 2.51. The SMILES string of the molecule is Fc1ccc(Sc2ccccc2C2=CCNCC2)c(Br)c1. The zero-order valence-electron chi connectivity index (χ0n) is 11.4. The van der Waals surface area contributed by atoms with Gasteiger partial charge in [0, 0.05) is 20.8 Å². The van der Waals surface area contributed by atoms with E-state index in [1.165, 1.54) is 28.2 Å². The molecule has 1 heterocycles. The third-order valence-electron chi connectivity index (χ3n) is 3.41. The minimum absolute atomic E-state index is 0.222. The Hall–Kier alpha value is -1.10. The Morgan fingerprint density at radius 2 is 1.95 bits per heavy atom. The van der Waals surface area contributed by atoms with Crippen LogP contribution in [0.1, 0.15) is 12.0 Å². The van der Waals surface area contributed by atoms with E-state index in [1.807, 2.05) is 12.1 Å². The molecular formula is C17H15BrFNS. The lowest BCUT2D eigenvalue weighted by Gasteiger charge is -2.17. The summed E-state index contributed by atoms with van der Waals surface area (Å²) in [7, 11) is 0. The normalized spacial score (nSPS) is 14.9. The van der Waals surface area contributed by atoms with Gasteiger partial charge in [-0.1, -0.05) is 36.0 Å². The molecule has 0 spiro atoms. The summed E-state index contributed by atoms with van der Waals surface area (Å²) in [6.45, 7) is 1.94. The van der Waals surface area contributed by atoms with E-state index in [4.69, 9.17) is 0 Å². The quantitative estimate of drug-likeness (QED) is 0.812. The van der Waals surface area contributed by atoms with Gasteiger partial charge in [0.05, 0.1) is 0 Å². The maximum absolute atomic E-state index is 13.2. The van der Waals surface area contributed by atoms with E-state index in [-0.39, 0.29) is 5.82 Å². The largest absolute Gasteiger partial charge is 0.313 e. The first-order valence-electron chi connectivity index (χ1n) is 6.86. The number of hydrogen-bond donors (Lipinski definition) is 1. The highest BCUT2D eigenvalue weighted by Gasteiger charge is 2.12. The monoisotopic (exact) mass is 363 g/mol. The minimum Gasteiger partial charge on any atom is -0.313 e. The number of nitrogens with one attached hydrogen (secondary N) is 1. The van der Waals surface area contributed by atoms with Crippen LogP contribution in [0.4, 0.5) is 4.39 Å². The van der Waals surface area contributed by atoms with Crippen LogP contribution in [0.2, 0.25) is 0 Å². The van der Waals surface area contributed by atoms with E-state index in [1.54, 1.807) is 11.8 Å². The lowest BCUT2D eigenvalue weighted by molar-refractivity contribution is 0.625. The fraction of sp³-hybridized carbons (Fsp3) is 0.176. The zero-order valence-corrected chi connectivity index (χ0v) is 13.8. The molecule has 4 heteroatoms. The maximum atomic E-state index is 13.2. The zero-order chi connectivity index (χ0) is 14.7. The van der Waals surface area contributed by atoms with Gasteiger partial charge >= 0.3 is 0 Å². The highest BCUT2D eigenvalue weighted by molar-refractivity contribution is 9.10. The summed E-state index contributed by atoms with van der Waals surface area (Å²) in [5.41, 5.74) is 2.66. The van der Waals surface area contributed by atoms with Crippen molar-refractivity contribution in [1.82, 2.24) is 5.32 Å². The summed E-state index contributed by atoms with van der Waals surface area (Å²) in [5.74, 6) is -0.222. The molecule has 1 aliphatic rings. The van der Waals surface area contributed by atoms with Gasteiger partial charge in [-0.05, 0) is 64.3 Å². The number of halogens is 2. The standard InChI is InChI=1S/C17H15BrFNS/c18-15-11-13(19)5-6-17(15)21-16-4-2-1-3-14(16)12-7-9-20-10-8-12/h1-7,11,20H,8-10H2. The van der Waals surface area contributed by atoms with Crippen LogP contribution in [0.5, 0.6) is 0 Å². The van der Waals surface area contributed by atoms with Gasteiger partial charge in [-0.25, -0.2) is 4.39 Å². The summed E-state index contributed by atoms with van der Waals surface area (Å²) < 4.78 is 14.0. The van der Waals surface area contributed by atoms with E-state index in [2.05, 4.69) is 45.5 Å². The second-order valence-corrected chi connectivity index (χ2v) is 6.79. The van der Waals surface area contributed by atoms with Crippen molar-refractivity contribution in [2.45, 2.75) is 16.2 Å². The van der Waals surface area contributed by atoms with Crippen molar-refractivity contribution >= 4 is 33.3 Å². The van der Waals surface area contributed by atoms with Gasteiger partial charge in [-0.2, -0.15) is 0 Å². The van der Waals surface area contributed by atoms with Crippen LogP contribution < -0.4 is 5.32 Å². The van der Waals surface area contributed by atoms with Crippen LogP contribution in [-0.2, 0) is 0 Å². The number of hydrogen-bond acceptors (Lipinski definition) is 2. The first-order valence-corrected chi connectivity index (χ1v) is 8.47. The molecule has 2 aromatic rings. The minimum atomic E-state index is -0.222. The third kappa shape index (κ3) is 3.57. The van der Waals surface area contributed by atoms with Gasteiger partial charge in [0.2, 0.25) is 0 Å². The topological polar surface area (TPSA) is 12.0 Å². The van der Waals surface area contributed by atoms with Crippen molar-refractivity contribution in [3.63, 3.8) is 0 Å². The van der Waals surface area contributed by atoms with Gasteiger partial charge in [0.25, 0.3) is 0 Å². The Labute approximate surface area is 136 Å². The lowest BCUT2D eigenvalue weighted by Crippen LogP contribution is -2.20. The molecule has 108 valence electrons.